The molecule has 0 spiro atoms. The van der Waals surface area contributed by atoms with Crippen molar-refractivity contribution in [2.45, 2.75) is 59.4 Å². The SMILES string of the molecule is CC(C)(C)O[C@H](O)Cc1cnc(CC(C)(C)C(N)=O)cn1. The molecule has 0 aromatic carbocycles. The van der Waals surface area contributed by atoms with Crippen LogP contribution >= 0.6 is 0 Å². The number of hydrogen-bond acceptors (Lipinski definition) is 5. The van der Waals surface area contributed by atoms with Gasteiger partial charge in [-0.2, -0.15) is 0 Å². The van der Waals surface area contributed by atoms with E-state index in [9.17, 15) is 9.90 Å². The van der Waals surface area contributed by atoms with E-state index in [2.05, 4.69) is 9.97 Å². The Morgan fingerprint density at radius 1 is 1.24 bits per heavy atom. The zero-order valence-electron chi connectivity index (χ0n) is 13.4. The van der Waals surface area contributed by atoms with Crippen LogP contribution in [0.2, 0.25) is 0 Å². The Hall–Kier alpha value is -1.53. The number of aliphatic hydroxyl groups excluding tert-OH is 1. The lowest BCUT2D eigenvalue weighted by Gasteiger charge is -2.23. The number of aliphatic hydroxyl groups is 1. The summed E-state index contributed by atoms with van der Waals surface area (Å²) in [4.78, 5) is 19.8. The molecule has 1 aromatic rings. The molecule has 0 saturated heterocycles. The van der Waals surface area contributed by atoms with Crippen LogP contribution in [-0.4, -0.2) is 32.9 Å². The maximum Gasteiger partial charge on any atom is 0.223 e. The van der Waals surface area contributed by atoms with Crippen molar-refractivity contribution in [2.24, 2.45) is 11.1 Å². The highest BCUT2D eigenvalue weighted by Gasteiger charge is 2.26. The first-order valence-electron chi connectivity index (χ1n) is 6.95. The summed E-state index contributed by atoms with van der Waals surface area (Å²) < 4.78 is 5.41. The predicted molar refractivity (Wildman–Crippen MR) is 79.3 cm³/mol. The summed E-state index contributed by atoms with van der Waals surface area (Å²) in [5, 5.41) is 9.82. The third-order valence-electron chi connectivity index (χ3n) is 2.92. The van der Waals surface area contributed by atoms with Gasteiger partial charge in [0.05, 0.1) is 17.0 Å². The molecule has 0 aliphatic rings. The van der Waals surface area contributed by atoms with Gasteiger partial charge in [0.1, 0.15) is 0 Å². The van der Waals surface area contributed by atoms with Crippen molar-refractivity contribution >= 4 is 5.91 Å². The fraction of sp³-hybridized carbons (Fsp3) is 0.667. The van der Waals surface area contributed by atoms with E-state index >= 15 is 0 Å². The van der Waals surface area contributed by atoms with Gasteiger partial charge in [0.15, 0.2) is 6.29 Å². The minimum atomic E-state index is -0.924. The average molecular weight is 295 g/mol. The molecule has 0 radical (unpaired) electrons. The highest BCUT2D eigenvalue weighted by molar-refractivity contribution is 5.80. The average Bonchev–Trinajstić information content (AvgIpc) is 2.28. The summed E-state index contributed by atoms with van der Waals surface area (Å²) in [6.45, 7) is 9.16. The standard InChI is InChI=1S/C15H25N3O3/c1-14(2,3)21-12(19)6-10-8-18-11(9-17-10)7-15(4,5)13(16)20/h8-9,12,19H,6-7H2,1-5H3,(H2,16,20)/t12-/m0/s1. The Balaban J connectivity index is 2.64. The lowest BCUT2D eigenvalue weighted by molar-refractivity contribution is -0.164. The van der Waals surface area contributed by atoms with Crippen molar-refractivity contribution < 1.29 is 14.6 Å². The number of primary amides is 1. The lowest BCUT2D eigenvalue weighted by atomic mass is 9.87. The van der Waals surface area contributed by atoms with Crippen molar-refractivity contribution in [2.75, 3.05) is 0 Å². The van der Waals surface area contributed by atoms with Gasteiger partial charge in [0.25, 0.3) is 0 Å². The zero-order valence-corrected chi connectivity index (χ0v) is 13.4. The van der Waals surface area contributed by atoms with Crippen molar-refractivity contribution in [1.29, 1.82) is 0 Å². The first-order chi connectivity index (χ1) is 9.49. The Morgan fingerprint density at radius 3 is 2.19 bits per heavy atom. The van der Waals surface area contributed by atoms with Crippen LogP contribution < -0.4 is 5.73 Å². The monoisotopic (exact) mass is 295 g/mol. The van der Waals surface area contributed by atoms with Crippen molar-refractivity contribution in [3.8, 4) is 0 Å². The van der Waals surface area contributed by atoms with E-state index in [0.29, 0.717) is 17.8 Å². The summed E-state index contributed by atoms with van der Waals surface area (Å²) in [7, 11) is 0. The van der Waals surface area contributed by atoms with E-state index in [1.165, 1.54) is 0 Å². The van der Waals surface area contributed by atoms with E-state index in [4.69, 9.17) is 10.5 Å². The second kappa shape index (κ2) is 6.49. The van der Waals surface area contributed by atoms with Crippen LogP contribution in [0.5, 0.6) is 0 Å². The van der Waals surface area contributed by atoms with Crippen LogP contribution in [0.25, 0.3) is 0 Å². The van der Waals surface area contributed by atoms with Crippen molar-refractivity contribution in [3.05, 3.63) is 23.8 Å². The van der Waals surface area contributed by atoms with Gasteiger partial charge in [0, 0.05) is 30.7 Å². The summed E-state index contributed by atoms with van der Waals surface area (Å²) in [6.07, 6.45) is 2.96. The van der Waals surface area contributed by atoms with Crippen LogP contribution in [-0.2, 0) is 22.4 Å². The van der Waals surface area contributed by atoms with Crippen molar-refractivity contribution in [3.63, 3.8) is 0 Å². The van der Waals surface area contributed by atoms with E-state index in [1.54, 1.807) is 26.2 Å². The molecule has 1 amide bonds. The third-order valence-corrected chi connectivity index (χ3v) is 2.92. The molecule has 6 nitrogen and oxygen atoms in total. The maximum absolute atomic E-state index is 11.3. The third kappa shape index (κ3) is 6.18. The minimum Gasteiger partial charge on any atom is -0.369 e. The normalized spacial score (nSPS) is 14.0. The van der Waals surface area contributed by atoms with Gasteiger partial charge in [-0.05, 0) is 20.8 Å². The molecule has 0 saturated carbocycles. The van der Waals surface area contributed by atoms with Gasteiger partial charge >= 0.3 is 0 Å². The molecule has 0 fully saturated rings. The fourth-order valence-electron chi connectivity index (χ4n) is 1.75. The molecule has 1 aromatic heterocycles. The number of nitrogens with zero attached hydrogens (tertiary/aromatic N) is 2. The number of carbonyl (C=O) groups is 1. The predicted octanol–water partition coefficient (Wildman–Crippen LogP) is 1.21. The molecular formula is C15H25N3O3. The number of nitrogens with two attached hydrogens (primary N) is 1. The topological polar surface area (TPSA) is 98.3 Å². The van der Waals surface area contributed by atoms with E-state index in [1.807, 2.05) is 20.8 Å². The maximum atomic E-state index is 11.3. The Labute approximate surface area is 125 Å². The quantitative estimate of drug-likeness (QED) is 0.769. The van der Waals surface area contributed by atoms with Crippen LogP contribution in [0.4, 0.5) is 0 Å². The number of amides is 1. The second-order valence-corrected chi connectivity index (χ2v) is 6.81. The summed E-state index contributed by atoms with van der Waals surface area (Å²) in [5.41, 5.74) is 5.58. The molecule has 1 rings (SSSR count). The molecule has 21 heavy (non-hydrogen) atoms. The molecule has 0 unspecified atom stereocenters. The molecule has 0 aliphatic carbocycles. The molecule has 6 heteroatoms. The highest BCUT2D eigenvalue weighted by atomic mass is 16.6. The minimum absolute atomic E-state index is 0.268. The molecule has 3 N–H and O–H groups in total. The van der Waals surface area contributed by atoms with Crippen LogP contribution in [0.3, 0.4) is 0 Å². The first kappa shape index (κ1) is 17.5. The highest BCUT2D eigenvalue weighted by Crippen LogP contribution is 2.20. The summed E-state index contributed by atoms with van der Waals surface area (Å²) in [5.74, 6) is -0.373. The largest absolute Gasteiger partial charge is 0.369 e. The first-order valence-corrected chi connectivity index (χ1v) is 6.95. The van der Waals surface area contributed by atoms with E-state index < -0.39 is 17.3 Å². The number of ether oxygens (including phenoxy) is 1. The van der Waals surface area contributed by atoms with Gasteiger partial charge in [-0.15, -0.1) is 0 Å². The number of aromatic nitrogens is 2. The van der Waals surface area contributed by atoms with Gasteiger partial charge in [-0.3, -0.25) is 14.8 Å². The van der Waals surface area contributed by atoms with Gasteiger partial charge in [0.2, 0.25) is 5.91 Å². The number of carbonyl (C=O) groups excluding carboxylic acids is 1. The van der Waals surface area contributed by atoms with E-state index in [0.717, 1.165) is 0 Å². The lowest BCUT2D eigenvalue weighted by Crippen LogP contribution is -2.33. The van der Waals surface area contributed by atoms with Crippen LogP contribution in [0.15, 0.2) is 12.4 Å². The Bertz CT molecular complexity index is 478. The Kier molecular flexibility index (Phi) is 5.42. The van der Waals surface area contributed by atoms with Crippen LogP contribution in [0.1, 0.15) is 46.0 Å². The van der Waals surface area contributed by atoms with Crippen LogP contribution in [0, 0.1) is 5.41 Å². The fourth-order valence-corrected chi connectivity index (χ4v) is 1.75. The number of hydrogen-bond donors (Lipinski definition) is 2. The molecule has 0 aliphatic heterocycles. The van der Waals surface area contributed by atoms with E-state index in [-0.39, 0.29) is 12.3 Å². The smallest absolute Gasteiger partial charge is 0.223 e. The summed E-state index contributed by atoms with van der Waals surface area (Å²) in [6, 6.07) is 0. The van der Waals surface area contributed by atoms with Gasteiger partial charge < -0.3 is 15.6 Å². The molecule has 118 valence electrons. The summed E-state index contributed by atoms with van der Waals surface area (Å²) >= 11 is 0. The zero-order chi connectivity index (χ0) is 16.3. The molecule has 1 heterocycles. The second-order valence-electron chi connectivity index (χ2n) is 6.81. The molecular weight excluding hydrogens is 270 g/mol. The Morgan fingerprint density at radius 2 is 1.76 bits per heavy atom. The van der Waals surface area contributed by atoms with Gasteiger partial charge in [-0.1, -0.05) is 13.8 Å². The van der Waals surface area contributed by atoms with Crippen molar-refractivity contribution in [1.82, 2.24) is 9.97 Å². The molecule has 1 atom stereocenters. The number of rotatable bonds is 6. The van der Waals surface area contributed by atoms with Gasteiger partial charge in [-0.25, -0.2) is 0 Å². The molecule has 0 bridgehead atoms.